The molecule has 0 radical (unpaired) electrons. The van der Waals surface area contributed by atoms with Crippen molar-refractivity contribution in [2.45, 2.75) is 6.92 Å². The smallest absolute Gasteiger partial charge is 0.267 e. The van der Waals surface area contributed by atoms with Crippen LogP contribution in [0.5, 0.6) is 0 Å². The van der Waals surface area contributed by atoms with Gasteiger partial charge >= 0.3 is 0 Å². The molecule has 0 aliphatic rings. The number of benzene rings is 3. The van der Waals surface area contributed by atoms with Crippen LogP contribution >= 0.6 is 11.5 Å². The number of carbonyl (C=O) groups excluding carboxylic acids is 1. The van der Waals surface area contributed by atoms with Crippen LogP contribution in [0.15, 0.2) is 89.9 Å². The molecule has 132 valence electrons. The van der Waals surface area contributed by atoms with Gasteiger partial charge in [-0.25, -0.2) is 3.96 Å². The molecular weight excluding hydrogens is 354 g/mol. The Balaban J connectivity index is 1.84. The second kappa shape index (κ2) is 7.51. The molecule has 0 bridgehead atoms. The minimum Gasteiger partial charge on any atom is -0.267 e. The zero-order chi connectivity index (χ0) is 18.6. The first-order valence-corrected chi connectivity index (χ1v) is 9.35. The number of carbonyl (C=O) groups is 1. The van der Waals surface area contributed by atoms with Crippen molar-refractivity contribution >= 4 is 17.4 Å². The molecule has 1 heterocycles. The van der Waals surface area contributed by atoms with Gasteiger partial charge in [0.2, 0.25) is 4.80 Å². The van der Waals surface area contributed by atoms with Crippen molar-refractivity contribution in [2.24, 2.45) is 4.99 Å². The van der Waals surface area contributed by atoms with Gasteiger partial charge in [-0.1, -0.05) is 66.2 Å². The molecule has 0 fully saturated rings. The fourth-order valence-electron chi connectivity index (χ4n) is 2.68. The van der Waals surface area contributed by atoms with E-state index in [0.717, 1.165) is 17.1 Å². The Hall–Kier alpha value is -3.31. The molecule has 5 heteroatoms. The van der Waals surface area contributed by atoms with E-state index in [2.05, 4.69) is 29.0 Å². The molecule has 27 heavy (non-hydrogen) atoms. The van der Waals surface area contributed by atoms with E-state index in [4.69, 9.17) is 0 Å². The summed E-state index contributed by atoms with van der Waals surface area (Å²) in [4.78, 5) is 21.7. The van der Waals surface area contributed by atoms with E-state index in [1.807, 2.05) is 64.6 Å². The van der Waals surface area contributed by atoms with Crippen molar-refractivity contribution in [3.63, 3.8) is 0 Å². The van der Waals surface area contributed by atoms with Crippen LogP contribution in [0.3, 0.4) is 0 Å². The van der Waals surface area contributed by atoms with Gasteiger partial charge in [-0.05, 0) is 42.7 Å². The van der Waals surface area contributed by atoms with Crippen molar-refractivity contribution in [1.82, 2.24) is 8.94 Å². The van der Waals surface area contributed by atoms with Gasteiger partial charge in [-0.2, -0.15) is 9.98 Å². The lowest BCUT2D eigenvalue weighted by Gasteiger charge is -2.06. The molecule has 0 atom stereocenters. The van der Waals surface area contributed by atoms with Crippen LogP contribution in [0.1, 0.15) is 15.9 Å². The highest BCUT2D eigenvalue weighted by molar-refractivity contribution is 7.04. The predicted molar refractivity (Wildman–Crippen MR) is 108 cm³/mol. The Kier molecular flexibility index (Phi) is 4.77. The lowest BCUT2D eigenvalue weighted by atomic mass is 10.2. The van der Waals surface area contributed by atoms with Gasteiger partial charge in [-0.15, -0.1) is 0 Å². The van der Waals surface area contributed by atoms with Crippen LogP contribution in [0.25, 0.3) is 17.1 Å². The molecule has 0 N–H and O–H groups in total. The summed E-state index contributed by atoms with van der Waals surface area (Å²) in [5, 5.41) is 0. The van der Waals surface area contributed by atoms with Crippen molar-refractivity contribution in [3.05, 3.63) is 101 Å². The predicted octanol–water partition coefficient (Wildman–Crippen LogP) is 4.65. The zero-order valence-corrected chi connectivity index (χ0v) is 15.6. The molecule has 4 nitrogen and oxygen atoms in total. The minimum atomic E-state index is -0.292. The molecule has 0 unspecified atom stereocenters. The normalized spacial score (nSPS) is 11.5. The van der Waals surface area contributed by atoms with E-state index in [0.29, 0.717) is 10.4 Å². The fraction of sp³-hybridized carbons (Fsp3) is 0.0455. The Morgan fingerprint density at radius 1 is 0.889 bits per heavy atom. The first-order valence-electron chi connectivity index (χ1n) is 8.58. The molecule has 0 saturated heterocycles. The summed E-state index contributed by atoms with van der Waals surface area (Å²) in [5.74, 6) is 0.476. The largest absolute Gasteiger partial charge is 0.279 e. The van der Waals surface area contributed by atoms with E-state index in [9.17, 15) is 4.79 Å². The Morgan fingerprint density at radius 2 is 1.52 bits per heavy atom. The summed E-state index contributed by atoms with van der Waals surface area (Å²) in [7, 11) is 0. The number of amides is 1. The maximum absolute atomic E-state index is 12.4. The SMILES string of the molecule is Cc1ccc(-n2sc(=NC(=O)c3ccccc3)nc2-c2ccccc2)cc1. The maximum atomic E-state index is 12.4. The van der Waals surface area contributed by atoms with E-state index >= 15 is 0 Å². The van der Waals surface area contributed by atoms with Crippen molar-refractivity contribution in [1.29, 1.82) is 0 Å². The first-order chi connectivity index (χ1) is 13.2. The molecular formula is C22H17N3OS. The summed E-state index contributed by atoms with van der Waals surface area (Å²) < 4.78 is 2.01. The molecule has 0 aliphatic heterocycles. The average molecular weight is 371 g/mol. The number of hydrogen-bond donors (Lipinski definition) is 0. The molecule has 4 rings (SSSR count). The van der Waals surface area contributed by atoms with Crippen LogP contribution in [0, 0.1) is 6.92 Å². The highest BCUT2D eigenvalue weighted by Crippen LogP contribution is 2.22. The summed E-state index contributed by atoms with van der Waals surface area (Å²) in [6.07, 6.45) is 0. The standard InChI is InChI=1S/C22H17N3OS/c1-16-12-14-19(15-13-16)25-20(17-8-4-2-5-9-17)23-22(27-25)24-21(26)18-10-6-3-7-11-18/h2-15H,1H3. The zero-order valence-electron chi connectivity index (χ0n) is 14.7. The average Bonchev–Trinajstić information content (AvgIpc) is 3.13. The number of hydrogen-bond acceptors (Lipinski definition) is 3. The van der Waals surface area contributed by atoms with Gasteiger partial charge in [-0.3, -0.25) is 4.79 Å². The van der Waals surface area contributed by atoms with E-state index in [1.165, 1.54) is 17.1 Å². The van der Waals surface area contributed by atoms with Gasteiger partial charge in [0, 0.05) is 11.1 Å². The third kappa shape index (κ3) is 3.78. The van der Waals surface area contributed by atoms with Gasteiger partial charge in [0.25, 0.3) is 5.91 Å². The number of aryl methyl sites for hydroxylation is 1. The number of aromatic nitrogens is 2. The molecule has 3 aromatic carbocycles. The van der Waals surface area contributed by atoms with Gasteiger partial charge < -0.3 is 0 Å². The van der Waals surface area contributed by atoms with E-state index in [1.54, 1.807) is 12.1 Å². The Labute approximate surface area is 161 Å². The van der Waals surface area contributed by atoms with Gasteiger partial charge in [0.1, 0.15) is 0 Å². The second-order valence-corrected chi connectivity index (χ2v) is 7.00. The van der Waals surface area contributed by atoms with Gasteiger partial charge in [0.05, 0.1) is 5.69 Å². The molecule has 1 aromatic heterocycles. The molecule has 1 amide bonds. The quantitative estimate of drug-likeness (QED) is 0.526. The first kappa shape index (κ1) is 17.1. The van der Waals surface area contributed by atoms with E-state index < -0.39 is 0 Å². The Morgan fingerprint density at radius 3 is 2.19 bits per heavy atom. The topological polar surface area (TPSA) is 47.2 Å². The third-order valence-electron chi connectivity index (χ3n) is 4.09. The highest BCUT2D eigenvalue weighted by Gasteiger charge is 2.12. The second-order valence-electron chi connectivity index (χ2n) is 6.09. The fourth-order valence-corrected chi connectivity index (χ4v) is 3.56. The maximum Gasteiger partial charge on any atom is 0.279 e. The highest BCUT2D eigenvalue weighted by atomic mass is 32.1. The van der Waals surface area contributed by atoms with Crippen LogP contribution in [0.2, 0.25) is 0 Å². The summed E-state index contributed by atoms with van der Waals surface area (Å²) in [6, 6.07) is 27.2. The summed E-state index contributed by atoms with van der Waals surface area (Å²) in [6.45, 7) is 2.05. The molecule has 4 aromatic rings. The molecule has 0 saturated carbocycles. The third-order valence-corrected chi connectivity index (χ3v) is 5.00. The summed E-state index contributed by atoms with van der Waals surface area (Å²) >= 11 is 1.35. The van der Waals surface area contributed by atoms with Crippen molar-refractivity contribution < 1.29 is 4.79 Å². The van der Waals surface area contributed by atoms with Crippen LogP contribution < -0.4 is 4.80 Å². The number of rotatable bonds is 3. The van der Waals surface area contributed by atoms with Crippen molar-refractivity contribution in [2.75, 3.05) is 0 Å². The van der Waals surface area contributed by atoms with Crippen molar-refractivity contribution in [3.8, 4) is 17.1 Å². The lowest BCUT2D eigenvalue weighted by molar-refractivity contribution is 0.0998. The lowest BCUT2D eigenvalue weighted by Crippen LogP contribution is -2.05. The van der Waals surface area contributed by atoms with Gasteiger partial charge in [0.15, 0.2) is 5.82 Å². The molecule has 0 aliphatic carbocycles. The minimum absolute atomic E-state index is 0.292. The molecule has 0 spiro atoms. The van der Waals surface area contributed by atoms with Crippen LogP contribution in [-0.4, -0.2) is 14.8 Å². The van der Waals surface area contributed by atoms with Crippen LogP contribution in [-0.2, 0) is 0 Å². The monoisotopic (exact) mass is 371 g/mol. The number of nitrogens with zero attached hydrogens (tertiary/aromatic N) is 3. The Bertz CT molecular complexity index is 1130. The van der Waals surface area contributed by atoms with E-state index in [-0.39, 0.29) is 5.91 Å². The summed E-state index contributed by atoms with van der Waals surface area (Å²) in [5.41, 5.74) is 3.71. The van der Waals surface area contributed by atoms with Crippen LogP contribution in [0.4, 0.5) is 0 Å².